The van der Waals surface area contributed by atoms with Crippen molar-refractivity contribution in [3.05, 3.63) is 67.6 Å². The Morgan fingerprint density at radius 3 is 1.66 bits per heavy atom. The van der Waals surface area contributed by atoms with Crippen LogP contribution in [0.5, 0.6) is 0 Å². The maximum atomic E-state index is 13.5. The van der Waals surface area contributed by atoms with E-state index in [0.29, 0.717) is 8.95 Å². The summed E-state index contributed by atoms with van der Waals surface area (Å²) < 4.78 is 63.6. The first-order valence-electron chi connectivity index (χ1n) is 9.51. The summed E-state index contributed by atoms with van der Waals surface area (Å²) in [6.45, 7) is 4.79. The molecule has 1 N–H and O–H groups in total. The molecular weight excluding hydrogens is 564 g/mol. The fraction of sp³-hybridized carbons (Fsp3) is 0.409. The average molecular weight is 588 g/mol. The van der Waals surface area contributed by atoms with Crippen LogP contribution in [0.25, 0.3) is 0 Å². The van der Waals surface area contributed by atoms with Crippen LogP contribution >= 0.6 is 31.9 Å². The molecule has 178 valence electrons. The first-order valence-corrected chi connectivity index (χ1v) is 11.1. The van der Waals surface area contributed by atoms with Gasteiger partial charge in [0, 0.05) is 39.5 Å². The third kappa shape index (κ3) is 10.4. The summed E-state index contributed by atoms with van der Waals surface area (Å²) in [6.07, 6.45) is 0.0543. The van der Waals surface area contributed by atoms with Crippen molar-refractivity contribution in [1.29, 1.82) is 0 Å². The Morgan fingerprint density at radius 1 is 0.875 bits per heavy atom. The van der Waals surface area contributed by atoms with Gasteiger partial charge in [-0.25, -0.2) is 22.4 Å². The predicted octanol–water partition coefficient (Wildman–Crippen LogP) is 5.89. The third-order valence-electron chi connectivity index (χ3n) is 3.71. The minimum atomic E-state index is -0.641. The van der Waals surface area contributed by atoms with E-state index in [9.17, 15) is 22.4 Å². The molecule has 2 rings (SSSR count). The van der Waals surface area contributed by atoms with Crippen molar-refractivity contribution in [1.82, 2.24) is 0 Å². The third-order valence-corrected chi connectivity index (χ3v) is 4.63. The van der Waals surface area contributed by atoms with E-state index in [1.807, 2.05) is 0 Å². The lowest BCUT2D eigenvalue weighted by Crippen LogP contribution is -2.26. The lowest BCUT2D eigenvalue weighted by Gasteiger charge is -2.19. The summed E-state index contributed by atoms with van der Waals surface area (Å²) >= 11 is 5.96. The Morgan fingerprint density at radius 2 is 1.28 bits per heavy atom. The number of benzene rings is 2. The second kappa shape index (κ2) is 13.3. The van der Waals surface area contributed by atoms with Gasteiger partial charge >= 0.3 is 5.97 Å². The van der Waals surface area contributed by atoms with Crippen LogP contribution in [-0.4, -0.2) is 36.5 Å². The largest absolute Gasteiger partial charge is 0.458 e. The van der Waals surface area contributed by atoms with E-state index < -0.39 is 34.8 Å². The summed E-state index contributed by atoms with van der Waals surface area (Å²) in [4.78, 5) is 11.3. The molecule has 0 aliphatic rings. The highest BCUT2D eigenvalue weighted by Gasteiger charge is 2.16. The van der Waals surface area contributed by atoms with E-state index in [4.69, 9.17) is 14.6 Å². The molecule has 0 heterocycles. The van der Waals surface area contributed by atoms with Gasteiger partial charge in [-0.1, -0.05) is 31.9 Å². The number of aliphatic hydroxyl groups excluding tert-OH is 1. The van der Waals surface area contributed by atoms with Crippen molar-refractivity contribution in [2.75, 3.05) is 19.8 Å². The number of hydrogen-bond acceptors (Lipinski definition) is 4. The maximum Gasteiger partial charge on any atom is 0.332 e. The van der Waals surface area contributed by atoms with Gasteiger partial charge in [-0.2, -0.15) is 0 Å². The van der Waals surface area contributed by atoms with E-state index in [2.05, 4.69) is 31.9 Å². The van der Waals surface area contributed by atoms with Gasteiger partial charge in [-0.15, -0.1) is 0 Å². The maximum absolute atomic E-state index is 13.5. The average Bonchev–Trinajstić information content (AvgIpc) is 2.62. The normalized spacial score (nSPS) is 11.1. The van der Waals surface area contributed by atoms with Gasteiger partial charge in [0.1, 0.15) is 35.5 Å². The Hall–Kier alpha value is -1.49. The molecule has 0 saturated heterocycles. The van der Waals surface area contributed by atoms with Crippen molar-refractivity contribution < 1.29 is 36.9 Å². The first kappa shape index (κ1) is 28.5. The van der Waals surface area contributed by atoms with Crippen LogP contribution in [0.4, 0.5) is 17.6 Å². The molecule has 0 radical (unpaired) electrons. The molecule has 0 fully saturated rings. The van der Waals surface area contributed by atoms with Gasteiger partial charge in [0.05, 0.1) is 6.61 Å². The van der Waals surface area contributed by atoms with Crippen molar-refractivity contribution >= 4 is 37.8 Å². The van der Waals surface area contributed by atoms with E-state index in [1.165, 1.54) is 24.3 Å². The molecule has 0 unspecified atom stereocenters. The van der Waals surface area contributed by atoms with Gasteiger partial charge in [0.2, 0.25) is 0 Å². The molecule has 0 aliphatic carbocycles. The van der Waals surface area contributed by atoms with Crippen LogP contribution in [0.15, 0.2) is 33.2 Å². The highest BCUT2D eigenvalue weighted by molar-refractivity contribution is 9.10. The lowest BCUT2D eigenvalue weighted by atomic mass is 10.1. The molecule has 0 aromatic heterocycles. The highest BCUT2D eigenvalue weighted by atomic mass is 79.9. The number of ether oxygens (including phenoxy) is 2. The van der Waals surface area contributed by atoms with E-state index >= 15 is 0 Å². The molecule has 0 atom stereocenters. The Bertz CT molecular complexity index is 871. The molecule has 0 amide bonds. The zero-order chi connectivity index (χ0) is 24.5. The smallest absolute Gasteiger partial charge is 0.332 e. The first-order chi connectivity index (χ1) is 14.8. The van der Waals surface area contributed by atoms with Crippen molar-refractivity contribution in [2.45, 2.75) is 39.2 Å². The molecule has 4 nitrogen and oxygen atoms in total. The zero-order valence-corrected chi connectivity index (χ0v) is 21.0. The SMILES string of the molecule is CC(C)(C)OC(=O)COCCc1c(F)cc(Br)cc1F.OCCc1c(F)cc(Br)cc1F. The number of carbonyl (C=O) groups is 1. The standard InChI is InChI=1S/C14H17BrF2O3.C8H7BrF2O/c1-14(2,3)20-13(18)8-19-5-4-10-11(16)6-9(15)7-12(10)17;9-5-3-7(10)6(1-2-12)8(11)4-5/h6-7H,4-5,8H2,1-3H3;3-4,12H,1-2H2. The molecule has 2 aromatic rings. The monoisotopic (exact) mass is 586 g/mol. The number of aliphatic hydroxyl groups is 1. The number of rotatable bonds is 7. The Labute approximate surface area is 201 Å². The fourth-order valence-electron chi connectivity index (χ4n) is 2.43. The van der Waals surface area contributed by atoms with Gasteiger partial charge in [0.25, 0.3) is 0 Å². The summed E-state index contributed by atoms with van der Waals surface area (Å²) in [5.41, 5.74) is -0.706. The highest BCUT2D eigenvalue weighted by Crippen LogP contribution is 2.20. The van der Waals surface area contributed by atoms with E-state index in [-0.39, 0.29) is 43.8 Å². The predicted molar refractivity (Wildman–Crippen MR) is 119 cm³/mol. The summed E-state index contributed by atoms with van der Waals surface area (Å²) in [5.74, 6) is -3.04. The van der Waals surface area contributed by atoms with Crippen LogP contribution in [-0.2, 0) is 27.1 Å². The molecule has 10 heteroatoms. The summed E-state index contributed by atoms with van der Waals surface area (Å²) in [5, 5.41) is 8.49. The van der Waals surface area contributed by atoms with E-state index in [0.717, 1.165) is 0 Å². The molecule has 0 bridgehead atoms. The van der Waals surface area contributed by atoms with Gasteiger partial charge in [-0.3, -0.25) is 0 Å². The Kier molecular flexibility index (Phi) is 11.8. The van der Waals surface area contributed by atoms with Crippen LogP contribution in [0.1, 0.15) is 31.9 Å². The van der Waals surface area contributed by atoms with Crippen molar-refractivity contribution in [2.24, 2.45) is 0 Å². The van der Waals surface area contributed by atoms with Crippen LogP contribution < -0.4 is 0 Å². The van der Waals surface area contributed by atoms with Gasteiger partial charge in [-0.05, 0) is 45.0 Å². The van der Waals surface area contributed by atoms with Crippen LogP contribution in [0.2, 0.25) is 0 Å². The lowest BCUT2D eigenvalue weighted by molar-refractivity contribution is -0.160. The van der Waals surface area contributed by atoms with Crippen molar-refractivity contribution in [3.8, 4) is 0 Å². The number of hydrogen-bond donors (Lipinski definition) is 1. The van der Waals surface area contributed by atoms with Crippen molar-refractivity contribution in [3.63, 3.8) is 0 Å². The summed E-state index contributed by atoms with van der Waals surface area (Å²) in [6, 6.07) is 4.72. The molecule has 0 spiro atoms. The molecular formula is C22H24Br2F4O4. The minimum Gasteiger partial charge on any atom is -0.458 e. The number of carbonyl (C=O) groups excluding carboxylic acids is 1. The molecule has 2 aromatic carbocycles. The topological polar surface area (TPSA) is 55.8 Å². The number of esters is 1. The Balaban J connectivity index is 0.000000363. The van der Waals surface area contributed by atoms with Gasteiger partial charge < -0.3 is 14.6 Å². The number of halogens is 6. The minimum absolute atomic E-state index is 0.00491. The van der Waals surface area contributed by atoms with E-state index in [1.54, 1.807) is 20.8 Å². The van der Waals surface area contributed by atoms with Crippen LogP contribution in [0.3, 0.4) is 0 Å². The second-order valence-corrected chi connectivity index (χ2v) is 9.39. The molecule has 0 aliphatic heterocycles. The van der Waals surface area contributed by atoms with Crippen LogP contribution in [0, 0.1) is 23.3 Å². The second-order valence-electron chi connectivity index (χ2n) is 7.56. The summed E-state index contributed by atoms with van der Waals surface area (Å²) in [7, 11) is 0. The fourth-order valence-corrected chi connectivity index (χ4v) is 3.24. The van der Waals surface area contributed by atoms with Gasteiger partial charge in [0.15, 0.2) is 0 Å². The quantitative estimate of drug-likeness (QED) is 0.249. The molecule has 0 saturated carbocycles. The zero-order valence-electron chi connectivity index (χ0n) is 17.8. The molecule has 32 heavy (non-hydrogen) atoms.